The van der Waals surface area contributed by atoms with Crippen LogP contribution in [0.3, 0.4) is 0 Å². The summed E-state index contributed by atoms with van der Waals surface area (Å²) in [5.74, 6) is 0.917. The van der Waals surface area contributed by atoms with E-state index in [0.29, 0.717) is 0 Å². The molecule has 0 aromatic heterocycles. The van der Waals surface area contributed by atoms with Crippen molar-refractivity contribution < 1.29 is 4.74 Å². The highest BCUT2D eigenvalue weighted by Crippen LogP contribution is 2.32. The minimum absolute atomic E-state index is 0.0204. The molecule has 0 fully saturated rings. The summed E-state index contributed by atoms with van der Waals surface area (Å²) < 4.78 is 5.78. The van der Waals surface area contributed by atoms with Crippen LogP contribution in [0.4, 0.5) is 0 Å². The van der Waals surface area contributed by atoms with E-state index in [9.17, 15) is 0 Å². The van der Waals surface area contributed by atoms with Crippen LogP contribution in [0, 0.1) is 0 Å². The zero-order valence-corrected chi connectivity index (χ0v) is 10.4. The van der Waals surface area contributed by atoms with E-state index in [4.69, 9.17) is 10.5 Å². The van der Waals surface area contributed by atoms with Crippen LogP contribution in [-0.4, -0.2) is 6.61 Å². The lowest BCUT2D eigenvalue weighted by Gasteiger charge is -2.16. The molecule has 90 valence electrons. The maximum absolute atomic E-state index is 6.07. The Balaban J connectivity index is 2.56. The van der Waals surface area contributed by atoms with Crippen LogP contribution in [0.1, 0.15) is 31.9 Å². The lowest BCUT2D eigenvalue weighted by atomic mass is 9.99. The van der Waals surface area contributed by atoms with E-state index in [1.54, 1.807) is 0 Å². The molecule has 0 heterocycles. The average Bonchev–Trinajstić information content (AvgIpc) is 2.35. The van der Waals surface area contributed by atoms with E-state index in [2.05, 4.69) is 25.1 Å². The minimum Gasteiger partial charge on any atom is -0.493 e. The molecule has 0 aliphatic carbocycles. The summed E-state index contributed by atoms with van der Waals surface area (Å²) in [7, 11) is 0. The van der Waals surface area contributed by atoms with Gasteiger partial charge in [-0.3, -0.25) is 0 Å². The molecule has 2 N–H and O–H groups in total. The molecule has 17 heavy (non-hydrogen) atoms. The van der Waals surface area contributed by atoms with Crippen LogP contribution >= 0.6 is 0 Å². The van der Waals surface area contributed by atoms with Gasteiger partial charge in [0.05, 0.1) is 6.61 Å². The van der Waals surface area contributed by atoms with Crippen molar-refractivity contribution in [1.29, 1.82) is 0 Å². The molecule has 0 aliphatic rings. The average molecular weight is 229 g/mol. The molecule has 0 saturated carbocycles. The van der Waals surface area contributed by atoms with Crippen LogP contribution in [0.2, 0.25) is 0 Å². The molecule has 0 saturated heterocycles. The van der Waals surface area contributed by atoms with Crippen LogP contribution in [-0.2, 0) is 0 Å². The third kappa shape index (κ3) is 2.42. The summed E-state index contributed by atoms with van der Waals surface area (Å²) in [5, 5.41) is 2.40. The maximum Gasteiger partial charge on any atom is 0.124 e. The quantitative estimate of drug-likeness (QED) is 0.868. The highest BCUT2D eigenvalue weighted by atomic mass is 16.5. The van der Waals surface area contributed by atoms with E-state index < -0.39 is 0 Å². The Hall–Kier alpha value is -1.54. The number of fused-ring (bicyclic) bond motifs is 1. The van der Waals surface area contributed by atoms with Gasteiger partial charge in [-0.05, 0) is 30.2 Å². The fourth-order valence-electron chi connectivity index (χ4n) is 2.08. The second-order valence-electron chi connectivity index (χ2n) is 4.34. The summed E-state index contributed by atoms with van der Waals surface area (Å²) in [6, 6.07) is 12.4. The number of hydrogen-bond donors (Lipinski definition) is 1. The third-order valence-corrected chi connectivity index (χ3v) is 2.85. The second-order valence-corrected chi connectivity index (χ2v) is 4.34. The molecule has 0 radical (unpaired) electrons. The summed E-state index contributed by atoms with van der Waals surface area (Å²) in [6.07, 6.45) is 1.01. The van der Waals surface area contributed by atoms with E-state index >= 15 is 0 Å². The summed E-state index contributed by atoms with van der Waals surface area (Å²) in [4.78, 5) is 0. The first-order valence-electron chi connectivity index (χ1n) is 6.14. The van der Waals surface area contributed by atoms with Crippen LogP contribution in [0.25, 0.3) is 10.8 Å². The first-order valence-corrected chi connectivity index (χ1v) is 6.14. The molecule has 2 aromatic carbocycles. The monoisotopic (exact) mass is 229 g/mol. The SMILES string of the molecule is CCCOc1ccc2ccccc2c1C(C)N. The minimum atomic E-state index is -0.0204. The van der Waals surface area contributed by atoms with Gasteiger partial charge in [-0.1, -0.05) is 37.3 Å². The lowest BCUT2D eigenvalue weighted by molar-refractivity contribution is 0.313. The van der Waals surface area contributed by atoms with Crippen molar-refractivity contribution in [2.45, 2.75) is 26.3 Å². The second kappa shape index (κ2) is 5.19. The molecule has 2 nitrogen and oxygen atoms in total. The van der Waals surface area contributed by atoms with E-state index in [-0.39, 0.29) is 6.04 Å². The van der Waals surface area contributed by atoms with E-state index in [1.165, 1.54) is 10.8 Å². The molecule has 0 spiro atoms. The predicted octanol–water partition coefficient (Wildman–Crippen LogP) is 3.65. The van der Waals surface area contributed by atoms with Crippen molar-refractivity contribution >= 4 is 10.8 Å². The zero-order valence-electron chi connectivity index (χ0n) is 10.4. The van der Waals surface area contributed by atoms with Crippen molar-refractivity contribution in [3.63, 3.8) is 0 Å². The van der Waals surface area contributed by atoms with E-state index in [0.717, 1.165) is 24.3 Å². The number of hydrogen-bond acceptors (Lipinski definition) is 2. The highest BCUT2D eigenvalue weighted by molar-refractivity contribution is 5.88. The van der Waals surface area contributed by atoms with Gasteiger partial charge < -0.3 is 10.5 Å². The van der Waals surface area contributed by atoms with Gasteiger partial charge >= 0.3 is 0 Å². The molecule has 1 atom stereocenters. The van der Waals surface area contributed by atoms with Gasteiger partial charge in [0.15, 0.2) is 0 Å². The molecule has 0 bridgehead atoms. The van der Waals surface area contributed by atoms with Crippen molar-refractivity contribution in [3.8, 4) is 5.75 Å². The molecular weight excluding hydrogens is 210 g/mol. The van der Waals surface area contributed by atoms with Gasteiger partial charge in [-0.25, -0.2) is 0 Å². The molecule has 2 heteroatoms. The topological polar surface area (TPSA) is 35.2 Å². The van der Waals surface area contributed by atoms with E-state index in [1.807, 2.05) is 25.1 Å². The Morgan fingerprint density at radius 1 is 1.18 bits per heavy atom. The number of ether oxygens (including phenoxy) is 1. The Morgan fingerprint density at radius 2 is 1.94 bits per heavy atom. The maximum atomic E-state index is 6.07. The van der Waals surface area contributed by atoms with Crippen LogP contribution in [0.15, 0.2) is 36.4 Å². The van der Waals surface area contributed by atoms with Gasteiger partial charge in [0.2, 0.25) is 0 Å². The first-order chi connectivity index (χ1) is 8.24. The fourth-order valence-corrected chi connectivity index (χ4v) is 2.08. The van der Waals surface area contributed by atoms with Gasteiger partial charge in [-0.2, -0.15) is 0 Å². The van der Waals surface area contributed by atoms with Gasteiger partial charge in [0.1, 0.15) is 5.75 Å². The Labute approximate surface area is 102 Å². The molecule has 0 amide bonds. The fraction of sp³-hybridized carbons (Fsp3) is 0.333. The Morgan fingerprint density at radius 3 is 2.65 bits per heavy atom. The molecule has 0 aliphatic heterocycles. The van der Waals surface area contributed by atoms with Crippen molar-refractivity contribution in [3.05, 3.63) is 42.0 Å². The summed E-state index contributed by atoms with van der Waals surface area (Å²) >= 11 is 0. The van der Waals surface area contributed by atoms with Crippen molar-refractivity contribution in [2.75, 3.05) is 6.61 Å². The number of nitrogens with two attached hydrogens (primary N) is 1. The summed E-state index contributed by atoms with van der Waals surface area (Å²) in [6.45, 7) is 4.84. The van der Waals surface area contributed by atoms with Gasteiger partial charge in [0, 0.05) is 11.6 Å². The van der Waals surface area contributed by atoms with Crippen molar-refractivity contribution in [2.24, 2.45) is 5.73 Å². The Kier molecular flexibility index (Phi) is 3.64. The molecule has 2 rings (SSSR count). The van der Waals surface area contributed by atoms with Crippen LogP contribution in [0.5, 0.6) is 5.75 Å². The van der Waals surface area contributed by atoms with Gasteiger partial charge in [-0.15, -0.1) is 0 Å². The highest BCUT2D eigenvalue weighted by Gasteiger charge is 2.12. The van der Waals surface area contributed by atoms with Crippen LogP contribution < -0.4 is 10.5 Å². The standard InChI is InChI=1S/C15H19NO/c1-3-10-17-14-9-8-12-6-4-5-7-13(12)15(14)11(2)16/h4-9,11H,3,10,16H2,1-2H3. The molecule has 2 aromatic rings. The van der Waals surface area contributed by atoms with Gasteiger partial charge in [0.25, 0.3) is 0 Å². The first kappa shape index (κ1) is 11.9. The van der Waals surface area contributed by atoms with Crippen molar-refractivity contribution in [1.82, 2.24) is 0 Å². The largest absolute Gasteiger partial charge is 0.493 e. The smallest absolute Gasteiger partial charge is 0.124 e. The predicted molar refractivity (Wildman–Crippen MR) is 72.3 cm³/mol. The zero-order chi connectivity index (χ0) is 12.3. The Bertz CT molecular complexity index is 505. The third-order valence-electron chi connectivity index (χ3n) is 2.85. The number of benzene rings is 2. The summed E-state index contributed by atoms with van der Waals surface area (Å²) in [5.41, 5.74) is 7.18. The normalized spacial score (nSPS) is 12.6. The molecular formula is C15H19NO. The molecule has 1 unspecified atom stereocenters. The lowest BCUT2D eigenvalue weighted by Crippen LogP contribution is -2.09. The number of rotatable bonds is 4.